The first-order chi connectivity index (χ1) is 7.09. The number of halogens is 2. The fourth-order valence-electron chi connectivity index (χ4n) is 1.44. The molecule has 0 saturated heterocycles. The van der Waals surface area contributed by atoms with Gasteiger partial charge in [0.05, 0.1) is 11.9 Å². The van der Waals surface area contributed by atoms with Crippen LogP contribution in [0.5, 0.6) is 0 Å². The Morgan fingerprint density at radius 3 is 2.93 bits per heavy atom. The van der Waals surface area contributed by atoms with Crippen LogP contribution in [0.1, 0.15) is 11.1 Å². The van der Waals surface area contributed by atoms with Gasteiger partial charge in [-0.05, 0) is 18.2 Å². The highest BCUT2D eigenvalue weighted by atomic mass is 35.5. The summed E-state index contributed by atoms with van der Waals surface area (Å²) in [5, 5.41) is 0.581. The summed E-state index contributed by atoms with van der Waals surface area (Å²) in [5.41, 5.74) is 0.920. The molecule has 15 heavy (non-hydrogen) atoms. The normalized spacial score (nSPS) is 20.1. The van der Waals surface area contributed by atoms with E-state index in [0.29, 0.717) is 5.02 Å². The molecule has 1 aromatic carbocycles. The summed E-state index contributed by atoms with van der Waals surface area (Å²) in [5.74, 6) is -0.193. The van der Waals surface area contributed by atoms with Crippen molar-refractivity contribution in [1.29, 1.82) is 0 Å². The number of carbonyl (C=O) groups is 1. The second kappa shape index (κ2) is 3.83. The van der Waals surface area contributed by atoms with Crippen LogP contribution in [-0.2, 0) is 4.79 Å². The number of rotatable bonds is 0. The van der Waals surface area contributed by atoms with E-state index in [-0.39, 0.29) is 5.91 Å². The number of fused-ring (bicyclic) bond motifs is 1. The van der Waals surface area contributed by atoms with Crippen LogP contribution in [0, 0.1) is 0 Å². The lowest BCUT2D eigenvalue weighted by Gasteiger charge is -2.17. The zero-order valence-corrected chi connectivity index (χ0v) is 9.46. The number of hydrogen-bond donors (Lipinski definition) is 0. The van der Waals surface area contributed by atoms with Gasteiger partial charge in [0.1, 0.15) is 0 Å². The van der Waals surface area contributed by atoms with Crippen molar-refractivity contribution in [2.75, 3.05) is 11.9 Å². The third kappa shape index (κ3) is 1.85. The van der Waals surface area contributed by atoms with Gasteiger partial charge >= 0.3 is 0 Å². The van der Waals surface area contributed by atoms with E-state index < -0.39 is 5.50 Å². The molecule has 0 fully saturated rings. The summed E-state index contributed by atoms with van der Waals surface area (Å²) in [4.78, 5) is 16.9. The van der Waals surface area contributed by atoms with E-state index in [1.54, 1.807) is 25.2 Å². The third-order valence-corrected chi connectivity index (χ3v) is 2.84. The van der Waals surface area contributed by atoms with E-state index in [9.17, 15) is 4.79 Å². The fourth-order valence-corrected chi connectivity index (χ4v) is 1.85. The number of alkyl halides is 1. The van der Waals surface area contributed by atoms with Crippen LogP contribution in [0.3, 0.4) is 0 Å². The van der Waals surface area contributed by atoms with Gasteiger partial charge in [0.25, 0.3) is 5.91 Å². The van der Waals surface area contributed by atoms with Gasteiger partial charge in [-0.25, -0.2) is 0 Å². The molecule has 1 atom stereocenters. The standard InChI is InChI=1S/C10H8Cl2N2O/c1-14-8-3-2-6(11)4-7(8)10(12)13-5-9(14)15/h2-5,10H,1H3. The Hall–Kier alpha value is -1.06. The van der Waals surface area contributed by atoms with Crippen LogP contribution in [0.15, 0.2) is 23.2 Å². The maximum atomic E-state index is 11.5. The van der Waals surface area contributed by atoms with Crippen LogP contribution in [0.4, 0.5) is 5.69 Å². The molecule has 78 valence electrons. The van der Waals surface area contributed by atoms with Gasteiger partial charge in [0.15, 0.2) is 5.50 Å². The van der Waals surface area contributed by atoms with E-state index in [1.807, 2.05) is 0 Å². The summed E-state index contributed by atoms with van der Waals surface area (Å²) >= 11 is 11.9. The minimum Gasteiger partial charge on any atom is -0.310 e. The molecule has 1 aliphatic rings. The maximum Gasteiger partial charge on any atom is 0.268 e. The minimum atomic E-state index is -0.562. The van der Waals surface area contributed by atoms with E-state index in [2.05, 4.69) is 4.99 Å². The molecule has 1 aliphatic heterocycles. The van der Waals surface area contributed by atoms with E-state index >= 15 is 0 Å². The average molecular weight is 243 g/mol. The Morgan fingerprint density at radius 2 is 2.20 bits per heavy atom. The molecule has 0 spiro atoms. The summed E-state index contributed by atoms with van der Waals surface area (Å²) in [7, 11) is 1.68. The molecule has 1 unspecified atom stereocenters. The second-order valence-electron chi connectivity index (χ2n) is 3.21. The van der Waals surface area contributed by atoms with Crippen molar-refractivity contribution >= 4 is 41.0 Å². The third-order valence-electron chi connectivity index (χ3n) is 2.25. The average Bonchev–Trinajstić information content (AvgIpc) is 2.32. The lowest BCUT2D eigenvalue weighted by Crippen LogP contribution is -2.26. The molecular weight excluding hydrogens is 235 g/mol. The minimum absolute atomic E-state index is 0.193. The van der Waals surface area contributed by atoms with E-state index in [0.717, 1.165) is 11.3 Å². The number of nitrogens with zero attached hydrogens (tertiary/aromatic N) is 2. The number of hydrogen-bond acceptors (Lipinski definition) is 2. The Kier molecular flexibility index (Phi) is 2.67. The van der Waals surface area contributed by atoms with Crippen LogP contribution in [0.25, 0.3) is 0 Å². The van der Waals surface area contributed by atoms with Crippen LogP contribution in [0.2, 0.25) is 5.02 Å². The SMILES string of the molecule is CN1C(=O)C=NC(Cl)c2cc(Cl)ccc21. The van der Waals surface area contributed by atoms with Crippen molar-refractivity contribution in [2.45, 2.75) is 5.50 Å². The molecule has 0 bridgehead atoms. The fraction of sp³-hybridized carbons (Fsp3) is 0.200. The molecule has 5 heteroatoms. The topological polar surface area (TPSA) is 32.7 Å². The van der Waals surface area contributed by atoms with Crippen molar-refractivity contribution in [3.8, 4) is 0 Å². The first-order valence-corrected chi connectivity index (χ1v) is 5.15. The molecule has 0 saturated carbocycles. The Bertz CT molecular complexity index is 445. The lowest BCUT2D eigenvalue weighted by molar-refractivity contribution is -0.111. The molecular formula is C10H8Cl2N2O. The Balaban J connectivity index is 2.61. The number of carbonyl (C=O) groups excluding carboxylic acids is 1. The highest BCUT2D eigenvalue weighted by Gasteiger charge is 2.21. The van der Waals surface area contributed by atoms with Gasteiger partial charge in [-0.2, -0.15) is 0 Å². The van der Waals surface area contributed by atoms with Gasteiger partial charge < -0.3 is 4.90 Å². The molecule has 1 heterocycles. The summed E-state index contributed by atoms with van der Waals surface area (Å²) in [6.45, 7) is 0. The lowest BCUT2D eigenvalue weighted by atomic mass is 10.1. The number of aliphatic imine (C=N–C) groups is 1. The first-order valence-electron chi connectivity index (χ1n) is 4.34. The molecule has 0 N–H and O–H groups in total. The van der Waals surface area contributed by atoms with Crippen LogP contribution >= 0.6 is 23.2 Å². The summed E-state index contributed by atoms with van der Waals surface area (Å²) in [6.07, 6.45) is 1.23. The quantitative estimate of drug-likeness (QED) is 0.509. The highest BCUT2D eigenvalue weighted by molar-refractivity contribution is 6.35. The van der Waals surface area contributed by atoms with Gasteiger partial charge in [0.2, 0.25) is 0 Å². The van der Waals surface area contributed by atoms with Gasteiger partial charge in [-0.15, -0.1) is 0 Å². The van der Waals surface area contributed by atoms with Crippen molar-refractivity contribution in [1.82, 2.24) is 0 Å². The van der Waals surface area contributed by atoms with E-state index in [1.165, 1.54) is 11.1 Å². The molecule has 0 radical (unpaired) electrons. The van der Waals surface area contributed by atoms with Crippen molar-refractivity contribution in [3.05, 3.63) is 28.8 Å². The van der Waals surface area contributed by atoms with Crippen molar-refractivity contribution in [3.63, 3.8) is 0 Å². The zero-order chi connectivity index (χ0) is 11.0. The molecule has 3 nitrogen and oxygen atoms in total. The number of amides is 1. The van der Waals surface area contributed by atoms with Gasteiger partial charge in [-0.3, -0.25) is 9.79 Å². The molecule has 0 aromatic heterocycles. The summed E-state index contributed by atoms with van der Waals surface area (Å²) < 4.78 is 0. The predicted octanol–water partition coefficient (Wildman–Crippen LogP) is 2.62. The van der Waals surface area contributed by atoms with Crippen LogP contribution in [-0.4, -0.2) is 19.2 Å². The maximum absolute atomic E-state index is 11.5. The highest BCUT2D eigenvalue weighted by Crippen LogP contribution is 2.34. The van der Waals surface area contributed by atoms with Crippen molar-refractivity contribution in [2.24, 2.45) is 4.99 Å². The first kappa shape index (κ1) is 10.5. The van der Waals surface area contributed by atoms with Crippen molar-refractivity contribution < 1.29 is 4.79 Å². The van der Waals surface area contributed by atoms with Gasteiger partial charge in [-0.1, -0.05) is 23.2 Å². The van der Waals surface area contributed by atoms with E-state index in [4.69, 9.17) is 23.2 Å². The molecule has 2 rings (SSSR count). The summed E-state index contributed by atoms with van der Waals surface area (Å²) in [6, 6.07) is 5.21. The van der Waals surface area contributed by atoms with Crippen LogP contribution < -0.4 is 4.90 Å². The number of benzene rings is 1. The monoisotopic (exact) mass is 242 g/mol. The predicted molar refractivity (Wildman–Crippen MR) is 61.9 cm³/mol. The smallest absolute Gasteiger partial charge is 0.268 e. The molecule has 1 amide bonds. The zero-order valence-electron chi connectivity index (χ0n) is 7.95. The molecule has 0 aliphatic carbocycles. The Morgan fingerprint density at radius 1 is 1.47 bits per heavy atom. The largest absolute Gasteiger partial charge is 0.310 e. The van der Waals surface area contributed by atoms with Gasteiger partial charge in [0, 0.05) is 17.6 Å². The Labute approximate surface area is 97.3 Å². The number of anilines is 1. The second-order valence-corrected chi connectivity index (χ2v) is 4.06. The molecule has 1 aromatic rings.